The lowest BCUT2D eigenvalue weighted by atomic mass is 9.98. The van der Waals surface area contributed by atoms with E-state index in [4.69, 9.17) is 4.74 Å². The van der Waals surface area contributed by atoms with Crippen molar-refractivity contribution in [1.82, 2.24) is 15.1 Å². The van der Waals surface area contributed by atoms with Crippen LogP contribution in [0.15, 0.2) is 48.5 Å². The van der Waals surface area contributed by atoms with Crippen molar-refractivity contribution in [2.45, 2.75) is 58.2 Å². The Labute approximate surface area is 223 Å². The predicted molar refractivity (Wildman–Crippen MR) is 144 cm³/mol. The molecule has 9 nitrogen and oxygen atoms in total. The molecule has 2 N–H and O–H groups in total. The second kappa shape index (κ2) is 12.1. The quantitative estimate of drug-likeness (QED) is 0.490. The molecule has 0 aliphatic heterocycles. The molecule has 0 fully saturated rings. The second-order valence-electron chi connectivity index (χ2n) is 10.3. The molecule has 9 heteroatoms. The van der Waals surface area contributed by atoms with E-state index in [2.05, 4.69) is 17.4 Å². The number of nitrogens with zero attached hydrogens (tertiary/aromatic N) is 2. The highest BCUT2D eigenvalue weighted by Gasteiger charge is 2.34. The largest absolute Gasteiger partial charge is 0.480 e. The van der Waals surface area contributed by atoms with Crippen LogP contribution < -0.4 is 5.32 Å². The summed E-state index contributed by atoms with van der Waals surface area (Å²) in [5.41, 5.74) is 4.42. The zero-order valence-electron chi connectivity index (χ0n) is 22.8. The Hall–Kier alpha value is -3.88. The number of ether oxygens (including phenoxy) is 1. The van der Waals surface area contributed by atoms with Gasteiger partial charge in [0.2, 0.25) is 11.8 Å². The molecule has 38 heavy (non-hydrogen) atoms. The van der Waals surface area contributed by atoms with Crippen LogP contribution in [0.2, 0.25) is 0 Å². The van der Waals surface area contributed by atoms with Gasteiger partial charge in [0.25, 0.3) is 0 Å². The van der Waals surface area contributed by atoms with Crippen molar-refractivity contribution in [2.75, 3.05) is 20.7 Å². The first-order chi connectivity index (χ1) is 17.9. The number of carboxylic acids is 1. The first-order valence-corrected chi connectivity index (χ1v) is 12.8. The lowest BCUT2D eigenvalue weighted by Crippen LogP contribution is -2.55. The number of rotatable bonds is 10. The van der Waals surface area contributed by atoms with Gasteiger partial charge < -0.3 is 20.1 Å². The van der Waals surface area contributed by atoms with E-state index in [9.17, 15) is 24.3 Å². The van der Waals surface area contributed by atoms with Crippen LogP contribution in [0.1, 0.15) is 51.2 Å². The number of amides is 3. The molecule has 3 amide bonds. The Bertz CT molecular complexity index is 1150. The van der Waals surface area contributed by atoms with Gasteiger partial charge >= 0.3 is 12.1 Å². The van der Waals surface area contributed by atoms with Crippen LogP contribution in [0.5, 0.6) is 0 Å². The van der Waals surface area contributed by atoms with Crippen molar-refractivity contribution < 1.29 is 29.0 Å². The number of carbonyl (C=O) groups excluding carboxylic acids is 3. The molecule has 0 bridgehead atoms. The summed E-state index contributed by atoms with van der Waals surface area (Å²) in [4.78, 5) is 52.6. The monoisotopic (exact) mass is 523 g/mol. The van der Waals surface area contributed by atoms with E-state index in [-0.39, 0.29) is 18.4 Å². The lowest BCUT2D eigenvalue weighted by molar-refractivity contribution is -0.149. The van der Waals surface area contributed by atoms with Crippen molar-refractivity contribution in [1.29, 1.82) is 0 Å². The molecule has 0 radical (unpaired) electrons. The predicted octanol–water partition coefficient (Wildman–Crippen LogP) is 3.72. The fourth-order valence-corrected chi connectivity index (χ4v) is 4.74. The van der Waals surface area contributed by atoms with Gasteiger partial charge in [-0.3, -0.25) is 14.5 Å². The summed E-state index contributed by atoms with van der Waals surface area (Å²) in [7, 11) is 2.88. The van der Waals surface area contributed by atoms with Crippen molar-refractivity contribution >= 4 is 23.9 Å². The molecule has 0 aromatic heterocycles. The first-order valence-electron chi connectivity index (χ1n) is 12.8. The van der Waals surface area contributed by atoms with Crippen LogP contribution in [0.25, 0.3) is 11.1 Å². The number of carboxylic acid groups (broad SMARTS) is 1. The number of likely N-dealkylation sites (N-methyl/N-ethyl adjacent to an activating group) is 2. The fraction of sp³-hybridized carbons (Fsp3) is 0.448. The van der Waals surface area contributed by atoms with Gasteiger partial charge in [-0.2, -0.15) is 0 Å². The minimum Gasteiger partial charge on any atom is -0.480 e. The molecule has 1 aliphatic rings. The summed E-state index contributed by atoms with van der Waals surface area (Å²) in [6, 6.07) is 13.2. The second-order valence-corrected chi connectivity index (χ2v) is 10.3. The number of aliphatic carboxylic acids is 1. The summed E-state index contributed by atoms with van der Waals surface area (Å²) in [6.45, 7) is 6.87. The van der Waals surface area contributed by atoms with Crippen LogP contribution in [-0.2, 0) is 19.1 Å². The van der Waals surface area contributed by atoms with E-state index < -0.39 is 42.0 Å². The Morgan fingerprint density at radius 3 is 1.92 bits per heavy atom. The zero-order chi connectivity index (χ0) is 28.1. The van der Waals surface area contributed by atoms with Gasteiger partial charge in [-0.25, -0.2) is 9.59 Å². The molecule has 0 unspecified atom stereocenters. The van der Waals surface area contributed by atoms with Crippen molar-refractivity contribution in [3.05, 3.63) is 59.7 Å². The molecule has 0 saturated carbocycles. The van der Waals surface area contributed by atoms with Gasteiger partial charge in [-0.1, -0.05) is 62.4 Å². The molecule has 1 aliphatic carbocycles. The molecule has 2 aromatic rings. The number of hydrogen-bond donors (Lipinski definition) is 2. The van der Waals surface area contributed by atoms with Crippen LogP contribution in [-0.4, -0.2) is 77.6 Å². The average molecular weight is 524 g/mol. The molecular weight excluding hydrogens is 486 g/mol. The van der Waals surface area contributed by atoms with E-state index in [1.807, 2.05) is 50.2 Å². The standard InChI is InChI=1S/C29H37N3O6/c1-17(2)15-25(26(33)30-18(3)27(34)31(5)19(4)28(35)36)32(6)29(37)38-16-24-22-13-9-7-11-20(22)21-12-8-10-14-23(21)24/h7-14,17-19,24-25H,15-16H2,1-6H3,(H,30,33)(H,35,36)/t18-,19-,25-/m0/s1. The van der Waals surface area contributed by atoms with Crippen molar-refractivity contribution in [3.8, 4) is 11.1 Å². The van der Waals surface area contributed by atoms with Gasteiger partial charge in [-0.05, 0) is 48.4 Å². The normalized spacial score (nSPS) is 14.6. The van der Waals surface area contributed by atoms with Crippen LogP contribution in [0.3, 0.4) is 0 Å². The Kier molecular flexibility index (Phi) is 9.14. The van der Waals surface area contributed by atoms with E-state index >= 15 is 0 Å². The summed E-state index contributed by atoms with van der Waals surface area (Å²) >= 11 is 0. The highest BCUT2D eigenvalue weighted by Crippen LogP contribution is 2.44. The SMILES string of the molecule is CC(C)C[C@@H](C(=O)N[C@@H](C)C(=O)N(C)[C@@H](C)C(=O)O)N(C)C(=O)OCC1c2ccccc2-c2ccccc21. The summed E-state index contributed by atoms with van der Waals surface area (Å²) in [6.07, 6.45) is -0.280. The maximum atomic E-state index is 13.2. The molecule has 204 valence electrons. The average Bonchev–Trinajstić information content (AvgIpc) is 3.21. The third-order valence-electron chi connectivity index (χ3n) is 7.10. The molecule has 0 saturated heterocycles. The van der Waals surface area contributed by atoms with Gasteiger partial charge in [0.15, 0.2) is 0 Å². The molecule has 3 rings (SSSR count). The number of carbonyl (C=O) groups is 4. The third kappa shape index (κ3) is 6.15. The van der Waals surface area contributed by atoms with Crippen LogP contribution in [0.4, 0.5) is 4.79 Å². The molecule has 2 aromatic carbocycles. The van der Waals surface area contributed by atoms with E-state index in [1.165, 1.54) is 32.8 Å². The zero-order valence-corrected chi connectivity index (χ0v) is 22.8. The Morgan fingerprint density at radius 1 is 0.895 bits per heavy atom. The minimum atomic E-state index is -1.15. The van der Waals surface area contributed by atoms with Crippen LogP contribution >= 0.6 is 0 Å². The molecular formula is C29H37N3O6. The third-order valence-corrected chi connectivity index (χ3v) is 7.10. The number of fused-ring (bicyclic) bond motifs is 3. The van der Waals surface area contributed by atoms with Gasteiger partial charge in [-0.15, -0.1) is 0 Å². The first kappa shape index (κ1) is 28.7. The van der Waals surface area contributed by atoms with Crippen molar-refractivity contribution in [3.63, 3.8) is 0 Å². The van der Waals surface area contributed by atoms with Crippen LogP contribution in [0, 0.1) is 5.92 Å². The van der Waals surface area contributed by atoms with E-state index in [1.54, 1.807) is 0 Å². The Balaban J connectivity index is 1.69. The van der Waals surface area contributed by atoms with E-state index in [0.717, 1.165) is 27.2 Å². The van der Waals surface area contributed by atoms with Gasteiger partial charge in [0, 0.05) is 20.0 Å². The smallest absolute Gasteiger partial charge is 0.410 e. The highest BCUT2D eigenvalue weighted by molar-refractivity contribution is 5.92. The minimum absolute atomic E-state index is 0.0790. The van der Waals surface area contributed by atoms with Gasteiger partial charge in [0.05, 0.1) is 0 Å². The highest BCUT2D eigenvalue weighted by atomic mass is 16.6. The van der Waals surface area contributed by atoms with Crippen molar-refractivity contribution in [2.24, 2.45) is 5.92 Å². The number of benzene rings is 2. The molecule has 3 atom stereocenters. The van der Waals surface area contributed by atoms with E-state index in [0.29, 0.717) is 6.42 Å². The molecule has 0 spiro atoms. The fourth-order valence-electron chi connectivity index (χ4n) is 4.74. The summed E-state index contributed by atoms with van der Waals surface area (Å²) in [5, 5.41) is 11.8. The maximum absolute atomic E-state index is 13.2. The van der Waals surface area contributed by atoms with Gasteiger partial charge in [0.1, 0.15) is 24.7 Å². The lowest BCUT2D eigenvalue weighted by Gasteiger charge is -2.30. The summed E-state index contributed by atoms with van der Waals surface area (Å²) in [5.74, 6) is -2.23. The number of hydrogen-bond acceptors (Lipinski definition) is 5. The Morgan fingerprint density at radius 2 is 1.42 bits per heavy atom. The molecule has 0 heterocycles. The topological polar surface area (TPSA) is 116 Å². The summed E-state index contributed by atoms with van der Waals surface area (Å²) < 4.78 is 5.73. The maximum Gasteiger partial charge on any atom is 0.410 e. The number of nitrogens with one attached hydrogen (secondary N) is 1.